The molecule has 0 aliphatic carbocycles. The Morgan fingerprint density at radius 2 is 1.94 bits per heavy atom. The highest BCUT2D eigenvalue weighted by Crippen LogP contribution is 2.34. The van der Waals surface area contributed by atoms with Crippen LogP contribution in [0.1, 0.15) is 39.0 Å². The summed E-state index contributed by atoms with van der Waals surface area (Å²) in [5.74, 6) is 0.0331. The van der Waals surface area contributed by atoms with Gasteiger partial charge in [0.05, 0.1) is 12.0 Å². The lowest BCUT2D eigenvalue weighted by atomic mass is 9.76. The van der Waals surface area contributed by atoms with Crippen molar-refractivity contribution in [3.63, 3.8) is 0 Å². The van der Waals surface area contributed by atoms with Crippen LogP contribution in [0.5, 0.6) is 0 Å². The van der Waals surface area contributed by atoms with Gasteiger partial charge in [0.15, 0.2) is 0 Å². The van der Waals surface area contributed by atoms with Crippen LogP contribution >= 0.6 is 0 Å². The van der Waals surface area contributed by atoms with Gasteiger partial charge in [-0.2, -0.15) is 0 Å². The van der Waals surface area contributed by atoms with E-state index in [1.807, 2.05) is 6.92 Å². The van der Waals surface area contributed by atoms with E-state index in [2.05, 4.69) is 10.2 Å². The fourth-order valence-corrected chi connectivity index (χ4v) is 3.12. The molecule has 104 valence electrons. The number of hydrogen-bond donors (Lipinski definition) is 1. The Morgan fingerprint density at radius 1 is 1.28 bits per heavy atom. The van der Waals surface area contributed by atoms with Crippen molar-refractivity contribution in [2.45, 2.75) is 39.0 Å². The Kier molecular flexibility index (Phi) is 5.01. The largest absolute Gasteiger partial charge is 0.466 e. The van der Waals surface area contributed by atoms with E-state index in [0.29, 0.717) is 6.61 Å². The number of carbonyl (C=O) groups is 1. The van der Waals surface area contributed by atoms with Crippen molar-refractivity contribution in [2.24, 2.45) is 5.41 Å². The van der Waals surface area contributed by atoms with Crippen LogP contribution in [-0.2, 0) is 9.53 Å². The average molecular weight is 254 g/mol. The molecule has 2 saturated heterocycles. The molecule has 0 aromatic rings. The maximum Gasteiger partial charge on any atom is 0.312 e. The molecule has 4 heteroatoms. The first-order valence-electron chi connectivity index (χ1n) is 7.37. The third-order valence-electron chi connectivity index (χ3n) is 4.37. The number of ether oxygens (including phenoxy) is 1. The fraction of sp³-hybridized carbons (Fsp3) is 0.929. The second kappa shape index (κ2) is 6.53. The zero-order chi connectivity index (χ0) is 12.8. The average Bonchev–Trinajstić information content (AvgIpc) is 2.91. The summed E-state index contributed by atoms with van der Waals surface area (Å²) in [6.45, 7) is 7.75. The molecule has 2 aliphatic heterocycles. The van der Waals surface area contributed by atoms with Crippen LogP contribution in [0.15, 0.2) is 0 Å². The predicted molar refractivity (Wildman–Crippen MR) is 71.5 cm³/mol. The molecule has 0 atom stereocenters. The van der Waals surface area contributed by atoms with Crippen molar-refractivity contribution in [3.05, 3.63) is 0 Å². The Morgan fingerprint density at radius 3 is 2.56 bits per heavy atom. The van der Waals surface area contributed by atoms with E-state index in [-0.39, 0.29) is 11.4 Å². The number of esters is 1. The summed E-state index contributed by atoms with van der Waals surface area (Å²) in [4.78, 5) is 14.7. The van der Waals surface area contributed by atoms with E-state index in [0.717, 1.165) is 38.9 Å². The predicted octanol–water partition coefficient (Wildman–Crippen LogP) is 1.41. The van der Waals surface area contributed by atoms with Crippen LogP contribution in [0.4, 0.5) is 0 Å². The number of hydrogen-bond acceptors (Lipinski definition) is 4. The number of rotatable bonds is 5. The van der Waals surface area contributed by atoms with Gasteiger partial charge in [0.2, 0.25) is 0 Å². The molecule has 2 rings (SSSR count). The smallest absolute Gasteiger partial charge is 0.312 e. The maximum absolute atomic E-state index is 12.3. The van der Waals surface area contributed by atoms with Gasteiger partial charge in [0.1, 0.15) is 0 Å². The van der Waals surface area contributed by atoms with Gasteiger partial charge >= 0.3 is 5.97 Å². The first-order valence-corrected chi connectivity index (χ1v) is 7.37. The second-order valence-corrected chi connectivity index (χ2v) is 5.55. The summed E-state index contributed by atoms with van der Waals surface area (Å²) in [5.41, 5.74) is -0.218. The molecule has 1 N–H and O–H groups in total. The Labute approximate surface area is 110 Å². The first-order chi connectivity index (χ1) is 8.77. The minimum atomic E-state index is -0.218. The minimum absolute atomic E-state index is 0.0331. The van der Waals surface area contributed by atoms with Crippen molar-refractivity contribution < 1.29 is 9.53 Å². The van der Waals surface area contributed by atoms with E-state index in [1.165, 1.54) is 25.9 Å². The van der Waals surface area contributed by atoms with Crippen LogP contribution in [0, 0.1) is 5.41 Å². The van der Waals surface area contributed by atoms with Gasteiger partial charge in [-0.1, -0.05) is 0 Å². The molecule has 0 bridgehead atoms. The first kappa shape index (κ1) is 13.8. The van der Waals surface area contributed by atoms with E-state index in [1.54, 1.807) is 0 Å². The van der Waals surface area contributed by atoms with Gasteiger partial charge in [-0.25, -0.2) is 0 Å². The van der Waals surface area contributed by atoms with Crippen molar-refractivity contribution in [1.82, 2.24) is 10.2 Å². The van der Waals surface area contributed by atoms with Gasteiger partial charge in [-0.3, -0.25) is 4.79 Å². The zero-order valence-corrected chi connectivity index (χ0v) is 11.5. The number of nitrogens with zero attached hydrogens (tertiary/aromatic N) is 1. The number of nitrogens with one attached hydrogen (secondary N) is 1. The summed E-state index contributed by atoms with van der Waals surface area (Å²) >= 11 is 0. The van der Waals surface area contributed by atoms with Crippen LogP contribution in [0.2, 0.25) is 0 Å². The molecule has 0 saturated carbocycles. The molecule has 0 spiro atoms. The molecule has 0 radical (unpaired) electrons. The van der Waals surface area contributed by atoms with Crippen LogP contribution in [-0.4, -0.2) is 50.2 Å². The Balaban J connectivity index is 1.92. The van der Waals surface area contributed by atoms with E-state index >= 15 is 0 Å². The van der Waals surface area contributed by atoms with Gasteiger partial charge in [0, 0.05) is 0 Å². The lowest BCUT2D eigenvalue weighted by molar-refractivity contribution is -0.158. The summed E-state index contributed by atoms with van der Waals surface area (Å²) in [6, 6.07) is 0. The highest BCUT2D eigenvalue weighted by Gasteiger charge is 2.40. The van der Waals surface area contributed by atoms with Crippen molar-refractivity contribution in [1.29, 1.82) is 0 Å². The number of piperidine rings is 1. The van der Waals surface area contributed by atoms with Crippen LogP contribution in [0.3, 0.4) is 0 Å². The highest BCUT2D eigenvalue weighted by molar-refractivity contribution is 5.77. The third-order valence-corrected chi connectivity index (χ3v) is 4.37. The summed E-state index contributed by atoms with van der Waals surface area (Å²) in [7, 11) is 0. The molecule has 4 nitrogen and oxygen atoms in total. The Bertz CT molecular complexity index is 269. The second-order valence-electron chi connectivity index (χ2n) is 5.55. The standard InChI is InChI=1S/C14H26N2O2/c1-2-18-13(17)14(5-8-15-9-6-14)7-12-16-10-3-4-11-16/h15H,2-12H2,1H3. The van der Waals surface area contributed by atoms with Gasteiger partial charge < -0.3 is 15.0 Å². The summed E-state index contributed by atoms with van der Waals surface area (Å²) in [6.07, 6.45) is 5.45. The summed E-state index contributed by atoms with van der Waals surface area (Å²) < 4.78 is 5.31. The zero-order valence-electron chi connectivity index (χ0n) is 11.5. The molecule has 2 fully saturated rings. The number of carbonyl (C=O) groups excluding carboxylic acids is 1. The SMILES string of the molecule is CCOC(=O)C1(CCN2CCCC2)CCNCC1. The van der Waals surface area contributed by atoms with Gasteiger partial charge in [-0.15, -0.1) is 0 Å². The topological polar surface area (TPSA) is 41.6 Å². The van der Waals surface area contributed by atoms with Crippen LogP contribution < -0.4 is 5.32 Å². The quantitative estimate of drug-likeness (QED) is 0.753. The minimum Gasteiger partial charge on any atom is -0.466 e. The number of likely N-dealkylation sites (tertiary alicyclic amines) is 1. The normalized spacial score (nSPS) is 24.1. The maximum atomic E-state index is 12.3. The molecule has 0 amide bonds. The fourth-order valence-electron chi connectivity index (χ4n) is 3.12. The molecule has 0 aromatic carbocycles. The molecule has 0 unspecified atom stereocenters. The van der Waals surface area contributed by atoms with E-state index < -0.39 is 0 Å². The third kappa shape index (κ3) is 3.23. The lowest BCUT2D eigenvalue weighted by Gasteiger charge is -2.36. The van der Waals surface area contributed by atoms with Crippen molar-refractivity contribution in [2.75, 3.05) is 39.3 Å². The molecule has 2 aliphatic rings. The highest BCUT2D eigenvalue weighted by atomic mass is 16.5. The molecule has 18 heavy (non-hydrogen) atoms. The monoisotopic (exact) mass is 254 g/mol. The van der Waals surface area contributed by atoms with Gasteiger partial charge in [-0.05, 0) is 71.8 Å². The Hall–Kier alpha value is -0.610. The lowest BCUT2D eigenvalue weighted by Crippen LogP contribution is -2.45. The molecule has 2 heterocycles. The van der Waals surface area contributed by atoms with Gasteiger partial charge in [0.25, 0.3) is 0 Å². The molecule has 0 aromatic heterocycles. The van der Waals surface area contributed by atoms with Crippen molar-refractivity contribution >= 4 is 5.97 Å². The van der Waals surface area contributed by atoms with Crippen LogP contribution in [0.25, 0.3) is 0 Å². The molecular formula is C14H26N2O2. The molecular weight excluding hydrogens is 228 g/mol. The van der Waals surface area contributed by atoms with E-state index in [9.17, 15) is 4.79 Å². The summed E-state index contributed by atoms with van der Waals surface area (Å²) in [5, 5.41) is 3.34. The van der Waals surface area contributed by atoms with Crippen molar-refractivity contribution in [3.8, 4) is 0 Å². The van der Waals surface area contributed by atoms with E-state index in [4.69, 9.17) is 4.74 Å².